The average Bonchev–Trinajstić information content (AvgIpc) is 1.94. The highest BCUT2D eigenvalue weighted by Gasteiger charge is 2.10. The Labute approximate surface area is 61.4 Å². The number of hydrogen-bond donors (Lipinski definition) is 0. The Balaban J connectivity index is 2.88. The van der Waals surface area contributed by atoms with Gasteiger partial charge in [0.15, 0.2) is 0 Å². The third kappa shape index (κ3) is 1.79. The van der Waals surface area contributed by atoms with Crippen LogP contribution in [-0.2, 0) is 0 Å². The molecule has 0 N–H and O–H groups in total. The molecule has 0 bridgehead atoms. The Morgan fingerprint density at radius 2 is 2.10 bits per heavy atom. The molecular formula is C8H12N2. The molecule has 1 aliphatic rings. The molecule has 1 heterocycles. The van der Waals surface area contributed by atoms with Crippen molar-refractivity contribution in [3.63, 3.8) is 0 Å². The lowest BCUT2D eigenvalue weighted by Crippen LogP contribution is -2.11. The van der Waals surface area contributed by atoms with Crippen LogP contribution >= 0.6 is 0 Å². The molecule has 0 fully saturated rings. The molecule has 0 saturated heterocycles. The van der Waals surface area contributed by atoms with Crippen LogP contribution in [0, 0.1) is 0 Å². The van der Waals surface area contributed by atoms with Gasteiger partial charge in [-0.1, -0.05) is 6.08 Å². The van der Waals surface area contributed by atoms with Crippen molar-refractivity contribution in [1.82, 2.24) is 0 Å². The van der Waals surface area contributed by atoms with Crippen LogP contribution in [0.3, 0.4) is 0 Å². The Morgan fingerprint density at radius 3 is 2.80 bits per heavy atom. The van der Waals surface area contributed by atoms with Crippen LogP contribution in [0.4, 0.5) is 0 Å². The molecule has 0 aromatic carbocycles. The Kier molecular flexibility index (Phi) is 1.70. The smallest absolute Gasteiger partial charge is 0.111 e. The van der Waals surface area contributed by atoms with E-state index in [2.05, 4.69) is 16.1 Å². The lowest BCUT2D eigenvalue weighted by molar-refractivity contribution is 0.662. The highest BCUT2D eigenvalue weighted by molar-refractivity contribution is 5.98. The predicted molar refractivity (Wildman–Crippen MR) is 44.8 cm³/mol. The summed E-state index contributed by atoms with van der Waals surface area (Å²) in [6, 6.07) is 0. The Hall–Kier alpha value is -0.920. The summed E-state index contributed by atoms with van der Waals surface area (Å²) >= 11 is 0. The van der Waals surface area contributed by atoms with Gasteiger partial charge >= 0.3 is 0 Å². The van der Waals surface area contributed by atoms with Crippen LogP contribution in [-0.4, -0.2) is 17.6 Å². The van der Waals surface area contributed by atoms with Crippen molar-refractivity contribution in [1.29, 1.82) is 0 Å². The maximum atomic E-state index is 4.21. The number of hydrogen-bond acceptors (Lipinski definition) is 2. The van der Waals surface area contributed by atoms with Crippen molar-refractivity contribution in [2.75, 3.05) is 0 Å². The maximum absolute atomic E-state index is 4.21. The fourth-order valence-electron chi connectivity index (χ4n) is 0.679. The first-order chi connectivity index (χ1) is 4.60. The fraction of sp³-hybridized carbons (Fsp3) is 0.500. The van der Waals surface area contributed by atoms with Crippen LogP contribution in [0.15, 0.2) is 22.1 Å². The van der Waals surface area contributed by atoms with Gasteiger partial charge < -0.3 is 0 Å². The second-order valence-corrected chi connectivity index (χ2v) is 3.00. The first-order valence-electron chi connectivity index (χ1n) is 3.37. The summed E-state index contributed by atoms with van der Waals surface area (Å²) in [6.45, 7) is 6.06. The maximum Gasteiger partial charge on any atom is 0.111 e. The van der Waals surface area contributed by atoms with E-state index in [0.29, 0.717) is 0 Å². The minimum Gasteiger partial charge on any atom is -0.263 e. The summed E-state index contributed by atoms with van der Waals surface area (Å²) in [5.74, 6) is 0. The predicted octanol–water partition coefficient (Wildman–Crippen LogP) is 1.82. The van der Waals surface area contributed by atoms with E-state index < -0.39 is 0 Å². The average molecular weight is 136 g/mol. The van der Waals surface area contributed by atoms with E-state index >= 15 is 0 Å². The van der Waals surface area contributed by atoms with Gasteiger partial charge in [0.25, 0.3) is 0 Å². The first kappa shape index (κ1) is 7.19. The highest BCUT2D eigenvalue weighted by Crippen LogP contribution is 2.11. The van der Waals surface area contributed by atoms with Crippen LogP contribution in [0.2, 0.25) is 0 Å². The molecule has 0 unspecified atom stereocenters. The minimum atomic E-state index is -0.0821. The van der Waals surface area contributed by atoms with Gasteiger partial charge in [-0.3, -0.25) is 4.99 Å². The van der Waals surface area contributed by atoms with Gasteiger partial charge in [0.05, 0.1) is 5.54 Å². The summed E-state index contributed by atoms with van der Waals surface area (Å²) in [4.78, 5) is 8.26. The highest BCUT2D eigenvalue weighted by atomic mass is 14.9. The molecule has 2 nitrogen and oxygen atoms in total. The molecule has 1 rings (SSSR count). The number of nitrogens with zero attached hydrogens (tertiary/aromatic N) is 2. The standard InChI is InChI=1S/C8H12N2/c1-7-4-5-8(2,3)10-6-9-7/h4-6H,1-3H3. The molecule has 54 valence electrons. The van der Waals surface area contributed by atoms with Gasteiger partial charge in [0.2, 0.25) is 0 Å². The number of rotatable bonds is 0. The van der Waals surface area contributed by atoms with Crippen molar-refractivity contribution in [3.05, 3.63) is 12.2 Å². The number of aliphatic imine (C=N–C) groups is 2. The second kappa shape index (κ2) is 2.37. The van der Waals surface area contributed by atoms with E-state index in [1.54, 1.807) is 6.34 Å². The molecule has 2 heteroatoms. The summed E-state index contributed by atoms with van der Waals surface area (Å²) in [7, 11) is 0. The van der Waals surface area contributed by atoms with Crippen molar-refractivity contribution in [2.45, 2.75) is 26.3 Å². The zero-order valence-electron chi connectivity index (χ0n) is 6.63. The molecule has 0 spiro atoms. The van der Waals surface area contributed by atoms with E-state index in [0.717, 1.165) is 5.71 Å². The largest absolute Gasteiger partial charge is 0.263 e. The van der Waals surface area contributed by atoms with Crippen LogP contribution in [0.25, 0.3) is 0 Å². The van der Waals surface area contributed by atoms with E-state index in [4.69, 9.17) is 0 Å². The minimum absolute atomic E-state index is 0.0821. The van der Waals surface area contributed by atoms with Crippen LogP contribution in [0.1, 0.15) is 20.8 Å². The summed E-state index contributed by atoms with van der Waals surface area (Å²) in [5, 5.41) is 0. The zero-order chi connectivity index (χ0) is 7.61. The van der Waals surface area contributed by atoms with Crippen molar-refractivity contribution >= 4 is 12.1 Å². The zero-order valence-corrected chi connectivity index (χ0v) is 6.63. The Morgan fingerprint density at radius 1 is 1.40 bits per heavy atom. The molecule has 0 radical (unpaired) electrons. The van der Waals surface area contributed by atoms with E-state index in [1.807, 2.05) is 26.8 Å². The molecule has 0 aromatic rings. The fourth-order valence-corrected chi connectivity index (χ4v) is 0.679. The monoisotopic (exact) mass is 136 g/mol. The SMILES string of the molecule is CC1=NC=NC(C)(C)C=C1. The third-order valence-corrected chi connectivity index (χ3v) is 1.38. The molecule has 0 amide bonds. The van der Waals surface area contributed by atoms with E-state index in [1.165, 1.54) is 0 Å². The van der Waals surface area contributed by atoms with Crippen molar-refractivity contribution < 1.29 is 0 Å². The normalized spacial score (nSPS) is 22.1. The van der Waals surface area contributed by atoms with Gasteiger partial charge in [-0.05, 0) is 26.8 Å². The van der Waals surface area contributed by atoms with Gasteiger partial charge in [0, 0.05) is 5.71 Å². The molecule has 0 aliphatic carbocycles. The van der Waals surface area contributed by atoms with Crippen molar-refractivity contribution in [2.24, 2.45) is 9.98 Å². The molecule has 0 saturated carbocycles. The molecular weight excluding hydrogens is 124 g/mol. The number of allylic oxidation sites excluding steroid dienone is 1. The van der Waals surface area contributed by atoms with E-state index in [9.17, 15) is 0 Å². The third-order valence-electron chi connectivity index (χ3n) is 1.38. The Bertz CT molecular complexity index is 209. The lowest BCUT2D eigenvalue weighted by Gasteiger charge is -2.10. The van der Waals surface area contributed by atoms with Gasteiger partial charge in [0.1, 0.15) is 6.34 Å². The van der Waals surface area contributed by atoms with E-state index in [-0.39, 0.29) is 5.54 Å². The van der Waals surface area contributed by atoms with Gasteiger partial charge in [-0.25, -0.2) is 4.99 Å². The quantitative estimate of drug-likeness (QED) is 0.485. The van der Waals surface area contributed by atoms with Gasteiger partial charge in [-0.15, -0.1) is 0 Å². The molecule has 10 heavy (non-hydrogen) atoms. The molecule has 0 aromatic heterocycles. The lowest BCUT2D eigenvalue weighted by atomic mass is 10.1. The van der Waals surface area contributed by atoms with Crippen molar-refractivity contribution in [3.8, 4) is 0 Å². The molecule has 0 atom stereocenters. The summed E-state index contributed by atoms with van der Waals surface area (Å²) in [5.41, 5.74) is 0.927. The van der Waals surface area contributed by atoms with Crippen LogP contribution in [0.5, 0.6) is 0 Å². The summed E-state index contributed by atoms with van der Waals surface area (Å²) in [6.07, 6.45) is 5.66. The second-order valence-electron chi connectivity index (χ2n) is 3.00. The van der Waals surface area contributed by atoms with Gasteiger partial charge in [-0.2, -0.15) is 0 Å². The topological polar surface area (TPSA) is 24.7 Å². The first-order valence-corrected chi connectivity index (χ1v) is 3.37. The van der Waals surface area contributed by atoms with Crippen LogP contribution < -0.4 is 0 Å². The molecule has 1 aliphatic heterocycles. The summed E-state index contributed by atoms with van der Waals surface area (Å²) < 4.78 is 0.